The number of carbonyl (C=O) groups is 2. The molecule has 144 valence electrons. The number of aromatic hydroxyl groups is 1. The maximum atomic E-state index is 12.3. The third-order valence-electron chi connectivity index (χ3n) is 3.99. The number of carboxylic acids is 1. The Hall–Kier alpha value is -2.49. The number of nitrogens with zero attached hydrogens (tertiary/aromatic N) is 1. The molecule has 0 unspecified atom stereocenters. The smallest absolute Gasteiger partial charge is 0.335 e. The van der Waals surface area contributed by atoms with Crippen molar-refractivity contribution in [2.24, 2.45) is 0 Å². The van der Waals surface area contributed by atoms with Gasteiger partial charge in [-0.2, -0.15) is 0 Å². The molecule has 1 heterocycles. The van der Waals surface area contributed by atoms with E-state index in [9.17, 15) is 14.7 Å². The second-order valence-electron chi connectivity index (χ2n) is 5.90. The molecule has 1 aromatic heterocycles. The number of aromatic nitrogens is 1. The van der Waals surface area contributed by atoms with Crippen molar-refractivity contribution in [1.29, 1.82) is 0 Å². The Labute approximate surface area is 171 Å². The van der Waals surface area contributed by atoms with Crippen LogP contribution >= 0.6 is 22.6 Å². The maximum absolute atomic E-state index is 12.3. The molecule has 0 bridgehead atoms. The lowest BCUT2D eigenvalue weighted by Gasteiger charge is -2.22. The highest BCUT2D eigenvalue weighted by molar-refractivity contribution is 14.1. The molecular weight excluding hydrogens is 461 g/mol. The first-order valence-corrected chi connectivity index (χ1v) is 9.93. The third kappa shape index (κ3) is 5.25. The monoisotopic (exact) mass is 483 g/mol. The van der Waals surface area contributed by atoms with Crippen LogP contribution in [0.3, 0.4) is 0 Å². The fraction of sp³-hybridized carbons (Fsp3) is 0.263. The molecule has 8 heteroatoms. The standard InChI is InChI=1S/C19H22IN3O4/c1-3-23(14-6-4-13(5-7-14)19(26)27)17-16(24)10-15(22-17)18(25)21-9-8-12(2)11-20/h4-7,10,22,24H,2-3,8-9,11H2,1H3,(H,21,25)(H,26,27). The molecule has 27 heavy (non-hydrogen) atoms. The summed E-state index contributed by atoms with van der Waals surface area (Å²) in [5.41, 5.74) is 2.18. The van der Waals surface area contributed by atoms with Gasteiger partial charge in [0.1, 0.15) is 5.69 Å². The number of benzene rings is 1. The highest BCUT2D eigenvalue weighted by Gasteiger charge is 2.18. The summed E-state index contributed by atoms with van der Waals surface area (Å²) in [4.78, 5) is 28.0. The van der Waals surface area contributed by atoms with Crippen molar-refractivity contribution in [3.05, 3.63) is 53.7 Å². The Morgan fingerprint density at radius 3 is 2.52 bits per heavy atom. The van der Waals surface area contributed by atoms with E-state index in [1.54, 1.807) is 17.0 Å². The number of anilines is 2. The molecule has 0 saturated heterocycles. The Kier molecular flexibility index (Phi) is 7.28. The van der Waals surface area contributed by atoms with Crippen LogP contribution in [0.1, 0.15) is 34.2 Å². The lowest BCUT2D eigenvalue weighted by Crippen LogP contribution is -2.25. The predicted molar refractivity (Wildman–Crippen MR) is 114 cm³/mol. The summed E-state index contributed by atoms with van der Waals surface area (Å²) in [5.74, 6) is -0.991. The fourth-order valence-corrected chi connectivity index (χ4v) is 2.91. The topological polar surface area (TPSA) is 106 Å². The number of amides is 1. The lowest BCUT2D eigenvalue weighted by molar-refractivity contribution is 0.0696. The Bertz CT molecular complexity index is 830. The molecule has 2 rings (SSSR count). The molecule has 0 fully saturated rings. The summed E-state index contributed by atoms with van der Waals surface area (Å²) in [5, 5.41) is 22.1. The molecule has 7 nitrogen and oxygen atoms in total. The average Bonchev–Trinajstić information content (AvgIpc) is 3.04. The summed E-state index contributed by atoms with van der Waals surface area (Å²) in [6.07, 6.45) is 0.700. The number of alkyl halides is 1. The third-order valence-corrected chi connectivity index (χ3v) is 5.07. The largest absolute Gasteiger partial charge is 0.504 e. The number of halogens is 1. The average molecular weight is 483 g/mol. The van der Waals surface area contributed by atoms with Crippen LogP contribution in [0.2, 0.25) is 0 Å². The van der Waals surface area contributed by atoms with E-state index < -0.39 is 5.97 Å². The van der Waals surface area contributed by atoms with Gasteiger partial charge >= 0.3 is 5.97 Å². The van der Waals surface area contributed by atoms with E-state index in [4.69, 9.17) is 5.11 Å². The zero-order valence-corrected chi connectivity index (χ0v) is 17.1. The molecule has 0 aliphatic carbocycles. The highest BCUT2D eigenvalue weighted by Crippen LogP contribution is 2.33. The van der Waals surface area contributed by atoms with Gasteiger partial charge in [-0.15, -0.1) is 0 Å². The van der Waals surface area contributed by atoms with Crippen LogP contribution in [0.4, 0.5) is 11.5 Å². The molecule has 0 aliphatic rings. The van der Waals surface area contributed by atoms with Gasteiger partial charge in [0.25, 0.3) is 5.91 Å². The van der Waals surface area contributed by atoms with Crippen molar-refractivity contribution in [2.45, 2.75) is 13.3 Å². The van der Waals surface area contributed by atoms with Gasteiger partial charge < -0.3 is 25.4 Å². The van der Waals surface area contributed by atoms with E-state index in [1.807, 2.05) is 6.92 Å². The molecule has 0 aliphatic heterocycles. The van der Waals surface area contributed by atoms with E-state index in [2.05, 4.69) is 39.5 Å². The number of carbonyl (C=O) groups excluding carboxylic acids is 1. The van der Waals surface area contributed by atoms with Gasteiger partial charge in [0.05, 0.1) is 5.56 Å². The van der Waals surface area contributed by atoms with Crippen molar-refractivity contribution in [3.63, 3.8) is 0 Å². The first-order chi connectivity index (χ1) is 12.9. The van der Waals surface area contributed by atoms with Crippen molar-refractivity contribution in [1.82, 2.24) is 10.3 Å². The number of H-pyrrole nitrogens is 1. The molecule has 0 saturated carbocycles. The summed E-state index contributed by atoms with van der Waals surface area (Å²) in [6.45, 7) is 6.77. The quantitative estimate of drug-likeness (QED) is 0.248. The zero-order chi connectivity index (χ0) is 20.0. The molecule has 2 aromatic rings. The van der Waals surface area contributed by atoms with E-state index >= 15 is 0 Å². The number of hydrogen-bond acceptors (Lipinski definition) is 4. The van der Waals surface area contributed by atoms with Crippen LogP contribution < -0.4 is 10.2 Å². The van der Waals surface area contributed by atoms with E-state index in [1.165, 1.54) is 18.2 Å². The summed E-state index contributed by atoms with van der Waals surface area (Å²) in [7, 11) is 0. The van der Waals surface area contributed by atoms with Crippen LogP contribution in [0.5, 0.6) is 5.75 Å². The van der Waals surface area contributed by atoms with Gasteiger partial charge in [-0.1, -0.05) is 34.7 Å². The Morgan fingerprint density at radius 1 is 1.30 bits per heavy atom. The minimum Gasteiger partial charge on any atom is -0.504 e. The Morgan fingerprint density at radius 2 is 1.96 bits per heavy atom. The van der Waals surface area contributed by atoms with Gasteiger partial charge in [-0.25, -0.2) is 4.79 Å². The number of aromatic carboxylic acids is 1. The van der Waals surface area contributed by atoms with E-state index in [-0.39, 0.29) is 22.9 Å². The zero-order valence-electron chi connectivity index (χ0n) is 15.0. The molecule has 1 amide bonds. The van der Waals surface area contributed by atoms with Crippen LogP contribution in [0, 0.1) is 0 Å². The number of rotatable bonds is 9. The number of carboxylic acid groups (broad SMARTS) is 1. The normalized spacial score (nSPS) is 10.4. The minimum absolute atomic E-state index is 0.0546. The Balaban J connectivity index is 2.16. The predicted octanol–water partition coefficient (Wildman–Crippen LogP) is 3.69. The van der Waals surface area contributed by atoms with Crippen LogP contribution in [0.25, 0.3) is 0 Å². The fourth-order valence-electron chi connectivity index (χ4n) is 2.53. The summed E-state index contributed by atoms with van der Waals surface area (Å²) in [6, 6.07) is 7.68. The van der Waals surface area contributed by atoms with Gasteiger partial charge in [-0.3, -0.25) is 4.79 Å². The lowest BCUT2D eigenvalue weighted by atomic mass is 10.2. The molecule has 1 aromatic carbocycles. The molecule has 0 radical (unpaired) electrons. The second kappa shape index (κ2) is 9.45. The first-order valence-electron chi connectivity index (χ1n) is 8.41. The minimum atomic E-state index is -1.00. The van der Waals surface area contributed by atoms with Crippen LogP contribution in [-0.4, -0.2) is 44.6 Å². The second-order valence-corrected chi connectivity index (χ2v) is 6.67. The van der Waals surface area contributed by atoms with Gasteiger partial charge in [0, 0.05) is 29.3 Å². The summed E-state index contributed by atoms with van der Waals surface area (Å²) >= 11 is 2.22. The van der Waals surface area contributed by atoms with Crippen molar-refractivity contribution in [2.75, 3.05) is 22.4 Å². The summed E-state index contributed by atoms with van der Waals surface area (Å²) < 4.78 is 0.840. The molecule has 0 spiro atoms. The number of aromatic amines is 1. The van der Waals surface area contributed by atoms with Crippen molar-refractivity contribution >= 4 is 46.0 Å². The molecule has 0 atom stereocenters. The molecular formula is C19H22IN3O4. The maximum Gasteiger partial charge on any atom is 0.335 e. The van der Waals surface area contributed by atoms with Gasteiger partial charge in [-0.05, 0) is 37.6 Å². The first kappa shape index (κ1) is 20.8. The SMILES string of the molecule is C=C(CI)CCNC(=O)c1cc(O)c(N(CC)c2ccc(C(=O)O)cc2)[nH]1. The van der Waals surface area contributed by atoms with Crippen molar-refractivity contribution < 1.29 is 19.8 Å². The van der Waals surface area contributed by atoms with Crippen molar-refractivity contribution in [3.8, 4) is 5.75 Å². The highest BCUT2D eigenvalue weighted by atomic mass is 127. The number of nitrogens with one attached hydrogen (secondary N) is 2. The molecule has 4 N–H and O–H groups in total. The number of hydrogen-bond donors (Lipinski definition) is 4. The van der Waals surface area contributed by atoms with Crippen LogP contribution in [0.15, 0.2) is 42.5 Å². The van der Waals surface area contributed by atoms with E-state index in [0.717, 1.165) is 10.0 Å². The van der Waals surface area contributed by atoms with Gasteiger partial charge in [0.2, 0.25) is 0 Å². The van der Waals surface area contributed by atoms with E-state index in [0.29, 0.717) is 31.0 Å². The van der Waals surface area contributed by atoms with Crippen LogP contribution in [-0.2, 0) is 0 Å². The van der Waals surface area contributed by atoms with Gasteiger partial charge in [0.15, 0.2) is 11.6 Å².